The van der Waals surface area contributed by atoms with Crippen LogP contribution in [0.4, 0.5) is 0 Å². The van der Waals surface area contributed by atoms with E-state index in [9.17, 15) is 4.79 Å². The van der Waals surface area contributed by atoms with Crippen LogP contribution in [0.2, 0.25) is 0 Å². The first-order valence-corrected chi connectivity index (χ1v) is 7.71. The lowest BCUT2D eigenvalue weighted by Gasteiger charge is -1.91. The number of ketones is 1. The number of allylic oxidation sites excluding steroid dienone is 1. The van der Waals surface area contributed by atoms with Crippen molar-refractivity contribution in [2.45, 2.75) is 13.5 Å². The van der Waals surface area contributed by atoms with Gasteiger partial charge in [0.1, 0.15) is 5.69 Å². The van der Waals surface area contributed by atoms with E-state index in [1.807, 2.05) is 13.0 Å². The maximum atomic E-state index is 11.9. The van der Waals surface area contributed by atoms with Crippen LogP contribution in [0.25, 0.3) is 6.08 Å². The van der Waals surface area contributed by atoms with Crippen molar-refractivity contribution in [3.8, 4) is 0 Å². The van der Waals surface area contributed by atoms with Gasteiger partial charge in [-0.25, -0.2) is 0 Å². The third-order valence-electron chi connectivity index (χ3n) is 2.28. The Bertz CT molecular complexity index is 581. The lowest BCUT2D eigenvalue weighted by molar-refractivity contribution is 0.104. The number of halogens is 2. The smallest absolute Gasteiger partial charge is 0.206 e. The predicted molar refractivity (Wildman–Crippen MR) is 81.0 cm³/mol. The molecule has 2 aromatic rings. The molecule has 2 heterocycles. The van der Waals surface area contributed by atoms with E-state index < -0.39 is 0 Å². The molecule has 0 atom stereocenters. The number of carbonyl (C=O) groups is 1. The topological polar surface area (TPSA) is 34.9 Å². The Labute approximate surface area is 126 Å². The molecule has 0 unspecified atom stereocenters. The number of nitrogens with zero attached hydrogens (tertiary/aromatic N) is 2. The minimum absolute atomic E-state index is 0.0807. The van der Waals surface area contributed by atoms with E-state index in [0.29, 0.717) is 5.69 Å². The summed E-state index contributed by atoms with van der Waals surface area (Å²) in [5, 5.41) is 4.16. The summed E-state index contributed by atoms with van der Waals surface area (Å²) in [6.45, 7) is 2.75. The fourth-order valence-electron chi connectivity index (χ4n) is 1.36. The van der Waals surface area contributed by atoms with Gasteiger partial charge in [0.05, 0.1) is 3.79 Å². The molecular weight excluding hydrogens is 380 g/mol. The van der Waals surface area contributed by atoms with Crippen molar-refractivity contribution in [1.29, 1.82) is 0 Å². The largest absolute Gasteiger partial charge is 0.287 e. The summed E-state index contributed by atoms with van der Waals surface area (Å²) in [6.07, 6.45) is 5.15. The van der Waals surface area contributed by atoms with Crippen molar-refractivity contribution >= 4 is 55.1 Å². The van der Waals surface area contributed by atoms with Crippen molar-refractivity contribution < 1.29 is 4.79 Å². The fraction of sp³-hybridized carbons (Fsp3) is 0.167. The third kappa shape index (κ3) is 3.18. The maximum absolute atomic E-state index is 11.9. The molecule has 0 bridgehead atoms. The van der Waals surface area contributed by atoms with E-state index in [1.165, 1.54) is 0 Å². The molecule has 0 aliphatic carbocycles. The van der Waals surface area contributed by atoms with Crippen LogP contribution >= 0.6 is 43.2 Å². The molecule has 0 saturated heterocycles. The number of carbonyl (C=O) groups excluding carboxylic acids is 1. The molecule has 0 spiro atoms. The van der Waals surface area contributed by atoms with Gasteiger partial charge in [-0.1, -0.05) is 0 Å². The van der Waals surface area contributed by atoms with Crippen LogP contribution in [0.1, 0.15) is 22.3 Å². The Morgan fingerprint density at radius 3 is 2.89 bits per heavy atom. The van der Waals surface area contributed by atoms with E-state index in [1.54, 1.807) is 40.4 Å². The van der Waals surface area contributed by atoms with Gasteiger partial charge >= 0.3 is 0 Å². The summed E-state index contributed by atoms with van der Waals surface area (Å²) in [5.74, 6) is -0.0807. The first-order chi connectivity index (χ1) is 8.60. The highest BCUT2D eigenvalue weighted by Gasteiger charge is 2.06. The van der Waals surface area contributed by atoms with E-state index >= 15 is 0 Å². The molecule has 3 nitrogen and oxygen atoms in total. The average molecular weight is 390 g/mol. The van der Waals surface area contributed by atoms with Gasteiger partial charge in [0, 0.05) is 22.1 Å². The molecule has 0 radical (unpaired) electrons. The van der Waals surface area contributed by atoms with Crippen LogP contribution < -0.4 is 0 Å². The highest BCUT2D eigenvalue weighted by atomic mass is 79.9. The monoisotopic (exact) mass is 388 g/mol. The molecule has 0 fully saturated rings. The molecule has 0 N–H and O–H groups in total. The first-order valence-electron chi connectivity index (χ1n) is 5.31. The lowest BCUT2D eigenvalue weighted by atomic mass is 10.2. The average Bonchev–Trinajstić information content (AvgIpc) is 2.94. The van der Waals surface area contributed by atoms with E-state index in [0.717, 1.165) is 19.7 Å². The molecule has 2 aromatic heterocycles. The van der Waals surface area contributed by atoms with E-state index in [2.05, 4.69) is 37.0 Å². The highest BCUT2D eigenvalue weighted by molar-refractivity contribution is 9.13. The van der Waals surface area contributed by atoms with Crippen LogP contribution in [0.15, 0.2) is 32.7 Å². The molecule has 18 heavy (non-hydrogen) atoms. The van der Waals surface area contributed by atoms with Gasteiger partial charge in [0.2, 0.25) is 5.78 Å². The standard InChI is InChI=1S/C12H10Br2N2OS/c1-2-16-6-5-10(15-16)11(17)4-3-8-7-9(13)12(14)18-8/h3-7H,2H2,1H3/b4-3+. The van der Waals surface area contributed by atoms with Crippen LogP contribution in [-0.2, 0) is 6.54 Å². The molecular formula is C12H10Br2N2OS. The normalized spacial score (nSPS) is 11.3. The number of thiophene rings is 1. The summed E-state index contributed by atoms with van der Waals surface area (Å²) >= 11 is 8.39. The quantitative estimate of drug-likeness (QED) is 0.574. The second-order valence-corrected chi connectivity index (χ2v) is 6.78. The second-order valence-electron chi connectivity index (χ2n) is 3.52. The van der Waals surface area contributed by atoms with Crippen molar-refractivity contribution in [1.82, 2.24) is 9.78 Å². The second kappa shape index (κ2) is 5.95. The van der Waals surface area contributed by atoms with Crippen molar-refractivity contribution in [2.24, 2.45) is 0 Å². The van der Waals surface area contributed by atoms with Gasteiger partial charge in [0.15, 0.2) is 0 Å². The molecule has 0 aromatic carbocycles. The van der Waals surface area contributed by atoms with Gasteiger partial charge in [0.25, 0.3) is 0 Å². The fourth-order valence-corrected chi connectivity index (χ4v) is 3.35. The third-order valence-corrected chi connectivity index (χ3v) is 5.50. The van der Waals surface area contributed by atoms with Crippen LogP contribution in [0.3, 0.4) is 0 Å². The summed E-state index contributed by atoms with van der Waals surface area (Å²) in [6, 6.07) is 3.69. The van der Waals surface area contributed by atoms with Crippen LogP contribution in [0, 0.1) is 0 Å². The van der Waals surface area contributed by atoms with Crippen molar-refractivity contribution in [2.75, 3.05) is 0 Å². The summed E-state index contributed by atoms with van der Waals surface area (Å²) in [7, 11) is 0. The molecule has 0 aliphatic rings. The Hall–Kier alpha value is -0.720. The Morgan fingerprint density at radius 2 is 2.33 bits per heavy atom. The van der Waals surface area contributed by atoms with Crippen molar-refractivity contribution in [3.05, 3.63) is 43.2 Å². The summed E-state index contributed by atoms with van der Waals surface area (Å²) in [4.78, 5) is 12.9. The molecule has 6 heteroatoms. The molecule has 0 saturated carbocycles. The van der Waals surface area contributed by atoms with Crippen LogP contribution in [0.5, 0.6) is 0 Å². The predicted octanol–water partition coefficient (Wildman–Crippen LogP) is 4.39. The molecule has 2 rings (SSSR count). The van der Waals surface area contributed by atoms with Gasteiger partial charge < -0.3 is 0 Å². The zero-order chi connectivity index (χ0) is 13.1. The Kier molecular flexibility index (Phi) is 4.53. The Morgan fingerprint density at radius 1 is 1.56 bits per heavy atom. The number of rotatable bonds is 4. The highest BCUT2D eigenvalue weighted by Crippen LogP contribution is 2.32. The van der Waals surface area contributed by atoms with Gasteiger partial charge in [-0.05, 0) is 63.1 Å². The number of hydrogen-bond acceptors (Lipinski definition) is 3. The Balaban J connectivity index is 2.11. The number of aryl methyl sites for hydroxylation is 1. The van der Waals surface area contributed by atoms with Crippen molar-refractivity contribution in [3.63, 3.8) is 0 Å². The molecule has 94 valence electrons. The maximum Gasteiger partial charge on any atom is 0.206 e. The van der Waals surface area contributed by atoms with Gasteiger partial charge in [-0.3, -0.25) is 9.48 Å². The lowest BCUT2D eigenvalue weighted by Crippen LogP contribution is -1.99. The minimum atomic E-state index is -0.0807. The number of hydrogen-bond donors (Lipinski definition) is 0. The molecule has 0 aliphatic heterocycles. The minimum Gasteiger partial charge on any atom is -0.287 e. The van der Waals surface area contributed by atoms with E-state index in [4.69, 9.17) is 0 Å². The zero-order valence-electron chi connectivity index (χ0n) is 9.56. The SMILES string of the molecule is CCn1ccc(C(=O)/C=C/c2cc(Br)c(Br)s2)n1. The molecule has 0 amide bonds. The number of aromatic nitrogens is 2. The van der Waals surface area contributed by atoms with Gasteiger partial charge in [-0.15, -0.1) is 11.3 Å². The van der Waals surface area contributed by atoms with Gasteiger partial charge in [-0.2, -0.15) is 5.10 Å². The first kappa shape index (κ1) is 13.7. The van der Waals surface area contributed by atoms with E-state index in [-0.39, 0.29) is 5.78 Å². The summed E-state index contributed by atoms with van der Waals surface area (Å²) < 4.78 is 3.75. The summed E-state index contributed by atoms with van der Waals surface area (Å²) in [5.41, 5.74) is 0.475. The zero-order valence-corrected chi connectivity index (χ0v) is 13.5. The van der Waals surface area contributed by atoms with Crippen LogP contribution in [-0.4, -0.2) is 15.6 Å².